The second-order valence-electron chi connectivity index (χ2n) is 2.43. The third-order valence-corrected chi connectivity index (χ3v) is 1.76. The lowest BCUT2D eigenvalue weighted by molar-refractivity contribution is 0.594. The Morgan fingerprint density at radius 1 is 1.55 bits per heavy atom. The first kappa shape index (κ1) is 8.50. The summed E-state index contributed by atoms with van der Waals surface area (Å²) < 4.78 is 13.0. The zero-order valence-electron chi connectivity index (χ0n) is 6.14. The summed E-state index contributed by atoms with van der Waals surface area (Å²) in [6.07, 6.45) is 0. The molecule has 0 bridgehead atoms. The van der Waals surface area contributed by atoms with Gasteiger partial charge in [0.05, 0.1) is 5.02 Å². The highest BCUT2D eigenvalue weighted by atomic mass is 35.5. The van der Waals surface area contributed by atoms with E-state index in [4.69, 9.17) is 17.3 Å². The molecule has 2 N–H and O–H groups in total. The summed E-state index contributed by atoms with van der Waals surface area (Å²) in [5.74, 6) is -0.413. The van der Waals surface area contributed by atoms with Gasteiger partial charge in [-0.1, -0.05) is 23.7 Å². The Morgan fingerprint density at radius 3 is 2.64 bits per heavy atom. The fraction of sp³-hybridized carbons (Fsp3) is 0.250. The molecule has 0 amide bonds. The number of rotatable bonds is 1. The van der Waals surface area contributed by atoms with Crippen LogP contribution in [0.3, 0.4) is 0 Å². The molecule has 0 spiro atoms. The van der Waals surface area contributed by atoms with Crippen LogP contribution in [0.25, 0.3) is 0 Å². The second-order valence-corrected chi connectivity index (χ2v) is 2.84. The van der Waals surface area contributed by atoms with Crippen LogP contribution in [-0.2, 0) is 0 Å². The minimum Gasteiger partial charge on any atom is -0.324 e. The third kappa shape index (κ3) is 1.70. The van der Waals surface area contributed by atoms with Gasteiger partial charge in [0, 0.05) is 11.6 Å². The van der Waals surface area contributed by atoms with E-state index in [2.05, 4.69) is 0 Å². The Kier molecular flexibility index (Phi) is 2.47. The SMILES string of the molecule is CC(N)c1cccc(Cl)c1F. The Morgan fingerprint density at radius 2 is 2.18 bits per heavy atom. The lowest BCUT2D eigenvalue weighted by Crippen LogP contribution is -2.07. The van der Waals surface area contributed by atoms with Gasteiger partial charge in [0.1, 0.15) is 5.82 Å². The van der Waals surface area contributed by atoms with Crippen LogP contribution in [0, 0.1) is 5.82 Å². The summed E-state index contributed by atoms with van der Waals surface area (Å²) in [6, 6.07) is 4.51. The molecule has 0 aromatic heterocycles. The van der Waals surface area contributed by atoms with Crippen LogP contribution in [0.15, 0.2) is 18.2 Å². The fourth-order valence-corrected chi connectivity index (χ4v) is 1.05. The minimum atomic E-state index is -0.413. The van der Waals surface area contributed by atoms with Gasteiger partial charge < -0.3 is 5.73 Å². The van der Waals surface area contributed by atoms with Gasteiger partial charge in [-0.15, -0.1) is 0 Å². The van der Waals surface area contributed by atoms with E-state index in [0.29, 0.717) is 5.56 Å². The summed E-state index contributed by atoms with van der Waals surface area (Å²) in [6.45, 7) is 1.72. The number of benzene rings is 1. The Hall–Kier alpha value is -0.600. The van der Waals surface area contributed by atoms with Crippen molar-refractivity contribution in [1.82, 2.24) is 0 Å². The van der Waals surface area contributed by atoms with Crippen LogP contribution in [-0.4, -0.2) is 0 Å². The lowest BCUT2D eigenvalue weighted by atomic mass is 10.1. The first-order chi connectivity index (χ1) is 5.13. The molecule has 0 fully saturated rings. The van der Waals surface area contributed by atoms with Crippen molar-refractivity contribution in [1.29, 1.82) is 0 Å². The van der Waals surface area contributed by atoms with Crippen molar-refractivity contribution in [2.45, 2.75) is 13.0 Å². The minimum absolute atomic E-state index is 0.125. The van der Waals surface area contributed by atoms with Crippen molar-refractivity contribution in [3.63, 3.8) is 0 Å². The van der Waals surface area contributed by atoms with Gasteiger partial charge in [-0.2, -0.15) is 0 Å². The van der Waals surface area contributed by atoms with E-state index < -0.39 is 5.82 Å². The lowest BCUT2D eigenvalue weighted by Gasteiger charge is -2.06. The van der Waals surface area contributed by atoms with Crippen LogP contribution < -0.4 is 5.73 Å². The maximum atomic E-state index is 13.0. The van der Waals surface area contributed by atoms with Crippen LogP contribution >= 0.6 is 11.6 Å². The number of halogens is 2. The van der Waals surface area contributed by atoms with Crippen LogP contribution in [0.5, 0.6) is 0 Å². The Balaban J connectivity index is 3.17. The summed E-state index contributed by atoms with van der Waals surface area (Å²) in [7, 11) is 0. The average Bonchev–Trinajstić information content (AvgIpc) is 1.94. The van der Waals surface area contributed by atoms with Crippen molar-refractivity contribution in [2.24, 2.45) is 5.73 Å². The first-order valence-electron chi connectivity index (χ1n) is 3.32. The van der Waals surface area contributed by atoms with E-state index in [1.165, 1.54) is 6.07 Å². The molecule has 0 heterocycles. The molecule has 0 aliphatic rings. The zero-order chi connectivity index (χ0) is 8.43. The molecule has 0 radical (unpaired) electrons. The van der Waals surface area contributed by atoms with Gasteiger partial charge in [-0.25, -0.2) is 4.39 Å². The molecule has 1 rings (SSSR count). The zero-order valence-corrected chi connectivity index (χ0v) is 6.90. The van der Waals surface area contributed by atoms with Gasteiger partial charge in [-0.3, -0.25) is 0 Å². The first-order valence-corrected chi connectivity index (χ1v) is 3.70. The van der Waals surface area contributed by atoms with E-state index in [0.717, 1.165) is 0 Å². The van der Waals surface area contributed by atoms with Gasteiger partial charge in [-0.05, 0) is 13.0 Å². The predicted molar refractivity (Wildman–Crippen MR) is 44.0 cm³/mol. The molecular formula is C8H9ClFN. The molecule has 1 aromatic rings. The summed E-state index contributed by atoms with van der Waals surface area (Å²) in [5.41, 5.74) is 5.94. The molecule has 1 unspecified atom stereocenters. The third-order valence-electron chi connectivity index (χ3n) is 1.47. The second kappa shape index (κ2) is 3.20. The molecule has 1 aromatic carbocycles. The van der Waals surface area contributed by atoms with E-state index in [9.17, 15) is 4.39 Å². The number of hydrogen-bond donors (Lipinski definition) is 1. The van der Waals surface area contributed by atoms with Crippen LogP contribution in [0.1, 0.15) is 18.5 Å². The highest BCUT2D eigenvalue weighted by molar-refractivity contribution is 6.30. The van der Waals surface area contributed by atoms with E-state index in [-0.39, 0.29) is 11.1 Å². The normalized spacial score (nSPS) is 13.1. The number of nitrogens with two attached hydrogens (primary N) is 1. The topological polar surface area (TPSA) is 26.0 Å². The predicted octanol–water partition coefficient (Wildman–Crippen LogP) is 2.50. The molecule has 0 aliphatic carbocycles. The molecule has 3 heteroatoms. The van der Waals surface area contributed by atoms with E-state index in [1.807, 2.05) is 0 Å². The van der Waals surface area contributed by atoms with Gasteiger partial charge >= 0.3 is 0 Å². The standard InChI is InChI=1S/C8H9ClFN/c1-5(11)6-3-2-4-7(9)8(6)10/h2-5H,11H2,1H3. The largest absolute Gasteiger partial charge is 0.324 e. The van der Waals surface area contributed by atoms with Crippen molar-refractivity contribution in [2.75, 3.05) is 0 Å². The molecule has 0 saturated heterocycles. The monoisotopic (exact) mass is 173 g/mol. The van der Waals surface area contributed by atoms with Crippen LogP contribution in [0.4, 0.5) is 4.39 Å². The summed E-state index contributed by atoms with van der Waals surface area (Å²) in [4.78, 5) is 0. The maximum absolute atomic E-state index is 13.0. The van der Waals surface area contributed by atoms with Gasteiger partial charge in [0.15, 0.2) is 0 Å². The molecule has 11 heavy (non-hydrogen) atoms. The maximum Gasteiger partial charge on any atom is 0.146 e. The van der Waals surface area contributed by atoms with Crippen LogP contribution in [0.2, 0.25) is 5.02 Å². The smallest absolute Gasteiger partial charge is 0.146 e. The molecule has 0 saturated carbocycles. The van der Waals surface area contributed by atoms with Gasteiger partial charge in [0.2, 0.25) is 0 Å². The van der Waals surface area contributed by atoms with Crippen molar-refractivity contribution < 1.29 is 4.39 Å². The fourth-order valence-electron chi connectivity index (χ4n) is 0.872. The molecule has 60 valence electrons. The summed E-state index contributed by atoms with van der Waals surface area (Å²) in [5, 5.41) is 0.125. The Bertz CT molecular complexity index is 260. The molecular weight excluding hydrogens is 165 g/mol. The average molecular weight is 174 g/mol. The van der Waals surface area contributed by atoms with Crippen molar-refractivity contribution in [3.8, 4) is 0 Å². The van der Waals surface area contributed by atoms with E-state index >= 15 is 0 Å². The van der Waals surface area contributed by atoms with E-state index in [1.54, 1.807) is 19.1 Å². The van der Waals surface area contributed by atoms with Gasteiger partial charge in [0.25, 0.3) is 0 Å². The van der Waals surface area contributed by atoms with Crippen molar-refractivity contribution in [3.05, 3.63) is 34.6 Å². The highest BCUT2D eigenvalue weighted by Crippen LogP contribution is 2.21. The number of hydrogen-bond acceptors (Lipinski definition) is 1. The molecule has 0 aliphatic heterocycles. The summed E-state index contributed by atoms with van der Waals surface area (Å²) >= 11 is 5.53. The molecule has 1 atom stereocenters. The molecule has 1 nitrogen and oxygen atoms in total. The quantitative estimate of drug-likeness (QED) is 0.694. The highest BCUT2D eigenvalue weighted by Gasteiger charge is 2.08. The van der Waals surface area contributed by atoms with Crippen molar-refractivity contribution >= 4 is 11.6 Å². The Labute approximate surface area is 70.0 Å².